The maximum atomic E-state index is 11.8. The SMILES string of the molecule is CC(CCn1cc(-c2cccc(CN)c2)cn1)(CS(=O)O)C(=O)NO. The van der Waals surface area contributed by atoms with Gasteiger partial charge in [-0.25, -0.2) is 9.69 Å². The lowest BCUT2D eigenvalue weighted by Gasteiger charge is -2.25. The molecule has 1 heterocycles. The smallest absolute Gasteiger partial charge is 0.250 e. The minimum absolute atomic E-state index is 0.246. The number of carbonyl (C=O) groups is 1. The second kappa shape index (κ2) is 8.34. The summed E-state index contributed by atoms with van der Waals surface area (Å²) in [7, 11) is 0. The summed E-state index contributed by atoms with van der Waals surface area (Å²) >= 11 is -2.16. The van der Waals surface area contributed by atoms with Gasteiger partial charge in [0, 0.05) is 24.8 Å². The molecular weight excluding hydrogens is 344 g/mol. The molecule has 1 amide bonds. The van der Waals surface area contributed by atoms with E-state index in [-0.39, 0.29) is 12.2 Å². The number of nitrogens with zero attached hydrogens (tertiary/aromatic N) is 2. The van der Waals surface area contributed by atoms with E-state index in [9.17, 15) is 9.00 Å². The molecule has 0 fully saturated rings. The van der Waals surface area contributed by atoms with Crippen LogP contribution in [0.15, 0.2) is 36.7 Å². The summed E-state index contributed by atoms with van der Waals surface area (Å²) in [5, 5.41) is 13.1. The Hall–Kier alpha value is -2.07. The second-order valence-electron chi connectivity index (χ2n) is 6.11. The van der Waals surface area contributed by atoms with Gasteiger partial charge in [-0.3, -0.25) is 14.7 Å². The number of benzene rings is 1. The molecule has 1 aromatic heterocycles. The highest BCUT2D eigenvalue weighted by Crippen LogP contribution is 2.25. The van der Waals surface area contributed by atoms with Crippen LogP contribution in [0.25, 0.3) is 11.1 Å². The summed E-state index contributed by atoms with van der Waals surface area (Å²) in [5.74, 6) is -0.968. The van der Waals surface area contributed by atoms with Crippen LogP contribution >= 0.6 is 0 Å². The minimum atomic E-state index is -2.16. The highest BCUT2D eigenvalue weighted by Gasteiger charge is 2.35. The van der Waals surface area contributed by atoms with Gasteiger partial charge in [-0.05, 0) is 30.5 Å². The quantitative estimate of drug-likeness (QED) is 0.315. The normalized spacial score (nSPS) is 14.7. The monoisotopic (exact) mass is 366 g/mol. The van der Waals surface area contributed by atoms with Crippen LogP contribution in [-0.2, 0) is 29.0 Å². The van der Waals surface area contributed by atoms with Gasteiger partial charge in [0.15, 0.2) is 11.1 Å². The number of hydrogen-bond donors (Lipinski definition) is 4. The lowest BCUT2D eigenvalue weighted by Crippen LogP contribution is -2.42. The molecule has 2 rings (SSSR count). The third-order valence-electron chi connectivity index (χ3n) is 4.11. The van der Waals surface area contributed by atoms with Crippen molar-refractivity contribution in [3.63, 3.8) is 0 Å². The molecular formula is C16H22N4O4S. The van der Waals surface area contributed by atoms with Gasteiger partial charge in [0.05, 0.1) is 17.4 Å². The fraction of sp³-hybridized carbons (Fsp3) is 0.375. The van der Waals surface area contributed by atoms with E-state index in [4.69, 9.17) is 15.5 Å². The summed E-state index contributed by atoms with van der Waals surface area (Å²) in [6, 6.07) is 7.81. The fourth-order valence-electron chi connectivity index (χ4n) is 2.53. The second-order valence-corrected chi connectivity index (χ2v) is 7.05. The van der Waals surface area contributed by atoms with Gasteiger partial charge >= 0.3 is 0 Å². The molecule has 0 bridgehead atoms. The lowest BCUT2D eigenvalue weighted by molar-refractivity contribution is -0.138. The van der Waals surface area contributed by atoms with Crippen LogP contribution in [-0.4, -0.2) is 35.4 Å². The van der Waals surface area contributed by atoms with Crippen molar-refractivity contribution in [1.29, 1.82) is 0 Å². The van der Waals surface area contributed by atoms with Crippen LogP contribution in [0.3, 0.4) is 0 Å². The zero-order valence-electron chi connectivity index (χ0n) is 13.9. The summed E-state index contributed by atoms with van der Waals surface area (Å²) in [6.45, 7) is 2.34. The number of nitrogens with two attached hydrogens (primary N) is 1. The number of aryl methyl sites for hydroxylation is 1. The molecule has 0 saturated carbocycles. The minimum Gasteiger partial charge on any atom is -0.326 e. The van der Waals surface area contributed by atoms with E-state index < -0.39 is 22.4 Å². The summed E-state index contributed by atoms with van der Waals surface area (Å²) < 4.78 is 21.9. The number of aromatic nitrogens is 2. The first-order valence-corrected chi connectivity index (χ1v) is 8.99. The largest absolute Gasteiger partial charge is 0.326 e. The number of rotatable bonds is 8. The molecule has 0 radical (unpaired) electrons. The van der Waals surface area contributed by atoms with E-state index in [1.54, 1.807) is 16.4 Å². The molecule has 9 heteroatoms. The zero-order valence-corrected chi connectivity index (χ0v) is 14.7. The summed E-state index contributed by atoms with van der Waals surface area (Å²) in [6.07, 6.45) is 3.79. The van der Waals surface area contributed by atoms with E-state index in [0.29, 0.717) is 13.1 Å². The van der Waals surface area contributed by atoms with E-state index in [0.717, 1.165) is 16.7 Å². The Morgan fingerprint density at radius 3 is 2.84 bits per heavy atom. The first-order chi connectivity index (χ1) is 11.9. The lowest BCUT2D eigenvalue weighted by atomic mass is 9.88. The van der Waals surface area contributed by atoms with E-state index in [1.165, 1.54) is 6.92 Å². The van der Waals surface area contributed by atoms with Crippen LogP contribution in [0.1, 0.15) is 18.9 Å². The standard InChI is InChI=1S/C16H22N4O4S/c1-16(11-25(23)24,15(21)19-22)5-6-20-10-14(9-18-20)13-4-2-3-12(7-13)8-17/h2-4,7,9-10,22H,5-6,8,11,17H2,1H3,(H,19,21)(H,23,24). The van der Waals surface area contributed by atoms with Crippen LogP contribution in [0.4, 0.5) is 0 Å². The molecule has 0 spiro atoms. The maximum absolute atomic E-state index is 11.8. The van der Waals surface area contributed by atoms with Crippen LogP contribution in [0.2, 0.25) is 0 Å². The number of carbonyl (C=O) groups excluding carboxylic acids is 1. The number of amides is 1. The fourth-order valence-corrected chi connectivity index (χ4v) is 3.35. The van der Waals surface area contributed by atoms with Gasteiger partial charge in [0.25, 0.3) is 0 Å². The van der Waals surface area contributed by atoms with Crippen molar-refractivity contribution < 1.29 is 18.8 Å². The predicted octanol–water partition coefficient (Wildman–Crippen LogP) is 1.13. The van der Waals surface area contributed by atoms with E-state index in [1.807, 2.05) is 30.5 Å². The van der Waals surface area contributed by atoms with Gasteiger partial charge in [-0.2, -0.15) is 5.10 Å². The first kappa shape index (κ1) is 19.3. The predicted molar refractivity (Wildman–Crippen MR) is 93.8 cm³/mol. The summed E-state index contributed by atoms with van der Waals surface area (Å²) in [4.78, 5) is 11.8. The molecule has 2 unspecified atom stereocenters. The van der Waals surface area contributed by atoms with Crippen LogP contribution in [0.5, 0.6) is 0 Å². The Morgan fingerprint density at radius 2 is 2.20 bits per heavy atom. The van der Waals surface area contributed by atoms with Crippen LogP contribution < -0.4 is 11.2 Å². The number of hydroxylamine groups is 1. The van der Waals surface area contributed by atoms with Crippen molar-refractivity contribution in [1.82, 2.24) is 15.3 Å². The highest BCUT2D eigenvalue weighted by atomic mass is 32.2. The third kappa shape index (κ3) is 4.95. The number of nitrogens with one attached hydrogen (secondary N) is 1. The van der Waals surface area contributed by atoms with Crippen molar-refractivity contribution >= 4 is 17.0 Å². The molecule has 0 aliphatic heterocycles. The molecule has 0 saturated heterocycles. The van der Waals surface area contributed by atoms with Gasteiger partial charge < -0.3 is 10.3 Å². The molecule has 0 aliphatic rings. The molecule has 2 atom stereocenters. The zero-order chi connectivity index (χ0) is 18.4. The Bertz CT molecular complexity index is 764. The summed E-state index contributed by atoms with van der Waals surface area (Å²) in [5.41, 5.74) is 8.95. The molecule has 25 heavy (non-hydrogen) atoms. The third-order valence-corrected chi connectivity index (χ3v) is 5.00. The molecule has 8 nitrogen and oxygen atoms in total. The Labute approximate surface area is 148 Å². The van der Waals surface area contributed by atoms with Crippen LogP contribution in [0, 0.1) is 5.41 Å². The van der Waals surface area contributed by atoms with Gasteiger partial charge in [0.1, 0.15) is 0 Å². The molecule has 1 aromatic carbocycles. The molecule has 136 valence electrons. The topological polar surface area (TPSA) is 130 Å². The molecule has 2 aromatic rings. The van der Waals surface area contributed by atoms with Crippen molar-refractivity contribution in [2.24, 2.45) is 11.1 Å². The van der Waals surface area contributed by atoms with Crippen molar-refractivity contribution in [3.8, 4) is 11.1 Å². The first-order valence-electron chi connectivity index (χ1n) is 7.72. The van der Waals surface area contributed by atoms with Crippen molar-refractivity contribution in [2.75, 3.05) is 5.75 Å². The van der Waals surface area contributed by atoms with Crippen molar-refractivity contribution in [2.45, 2.75) is 26.4 Å². The Morgan fingerprint density at radius 1 is 1.44 bits per heavy atom. The van der Waals surface area contributed by atoms with Gasteiger partial charge in [-0.15, -0.1) is 0 Å². The van der Waals surface area contributed by atoms with Crippen molar-refractivity contribution in [3.05, 3.63) is 42.2 Å². The van der Waals surface area contributed by atoms with E-state index in [2.05, 4.69) is 5.10 Å². The molecule has 0 aliphatic carbocycles. The Balaban J connectivity index is 2.11. The van der Waals surface area contributed by atoms with E-state index >= 15 is 0 Å². The molecule has 5 N–H and O–H groups in total. The Kier molecular flexibility index (Phi) is 6.43. The highest BCUT2D eigenvalue weighted by molar-refractivity contribution is 7.79. The maximum Gasteiger partial charge on any atom is 0.250 e. The average molecular weight is 366 g/mol. The average Bonchev–Trinajstić information content (AvgIpc) is 3.08. The number of hydrogen-bond acceptors (Lipinski definition) is 5. The van der Waals surface area contributed by atoms with Gasteiger partial charge in [-0.1, -0.05) is 18.2 Å². The van der Waals surface area contributed by atoms with Gasteiger partial charge in [0.2, 0.25) is 5.91 Å².